The number of nitrogens with zero attached hydrogens (tertiary/aromatic N) is 3. The van der Waals surface area contributed by atoms with Crippen molar-refractivity contribution in [2.45, 2.75) is 0 Å². The number of carbonyl (C=O) groups excluding carboxylic acids is 1. The fourth-order valence-corrected chi connectivity index (χ4v) is 2.22. The lowest BCUT2D eigenvalue weighted by atomic mass is 10.1. The zero-order chi connectivity index (χ0) is 14.7. The second-order valence-electron chi connectivity index (χ2n) is 4.71. The van der Waals surface area contributed by atoms with Gasteiger partial charge in [0.15, 0.2) is 5.56 Å². The van der Waals surface area contributed by atoms with Gasteiger partial charge >= 0.3 is 0 Å². The highest BCUT2D eigenvalue weighted by Gasteiger charge is 2.30. The molecule has 108 valence electrons. The maximum absolute atomic E-state index is 12.5. The summed E-state index contributed by atoms with van der Waals surface area (Å²) in [5.74, 6) is -0.106. The third-order valence-electron chi connectivity index (χ3n) is 3.43. The maximum Gasteiger partial charge on any atom is 0.285 e. The number of methoxy groups -OCH3 is 1. The molecule has 1 heterocycles. The van der Waals surface area contributed by atoms with Gasteiger partial charge in [-0.1, -0.05) is 6.07 Å². The Bertz CT molecular complexity index is 524. The largest absolute Gasteiger partial charge is 0.496 e. The number of nitro benzene ring substituents is 1. The summed E-state index contributed by atoms with van der Waals surface area (Å²) in [5, 5.41) is 11.1. The van der Waals surface area contributed by atoms with Crippen molar-refractivity contribution in [3.05, 3.63) is 33.9 Å². The van der Waals surface area contributed by atoms with E-state index in [0.29, 0.717) is 13.1 Å². The van der Waals surface area contributed by atoms with Gasteiger partial charge < -0.3 is 14.5 Å². The molecular weight excluding hydrogens is 262 g/mol. The summed E-state index contributed by atoms with van der Waals surface area (Å²) < 4.78 is 5.11. The van der Waals surface area contributed by atoms with Gasteiger partial charge in [-0.25, -0.2) is 0 Å². The Morgan fingerprint density at radius 2 is 1.95 bits per heavy atom. The molecule has 7 nitrogen and oxygen atoms in total. The van der Waals surface area contributed by atoms with Crippen LogP contribution in [0.1, 0.15) is 10.4 Å². The molecule has 2 rings (SSSR count). The van der Waals surface area contributed by atoms with E-state index in [1.54, 1.807) is 11.0 Å². The molecule has 1 amide bonds. The van der Waals surface area contributed by atoms with Crippen LogP contribution in [0.25, 0.3) is 0 Å². The van der Waals surface area contributed by atoms with Gasteiger partial charge in [0.25, 0.3) is 11.6 Å². The second kappa shape index (κ2) is 5.87. The van der Waals surface area contributed by atoms with Crippen molar-refractivity contribution in [1.82, 2.24) is 9.80 Å². The van der Waals surface area contributed by atoms with Crippen LogP contribution in [0.4, 0.5) is 5.69 Å². The minimum Gasteiger partial charge on any atom is -0.496 e. The smallest absolute Gasteiger partial charge is 0.285 e. The normalized spacial score (nSPS) is 16.0. The van der Waals surface area contributed by atoms with E-state index in [0.717, 1.165) is 13.1 Å². The SMILES string of the molecule is COc1cccc([N+](=O)[O-])c1C(=O)N1CCN(C)CC1. The number of hydrogen-bond acceptors (Lipinski definition) is 5. The maximum atomic E-state index is 12.5. The molecular formula is C13H17N3O4. The summed E-state index contributed by atoms with van der Waals surface area (Å²) in [6.07, 6.45) is 0. The molecule has 0 aromatic heterocycles. The van der Waals surface area contributed by atoms with Gasteiger partial charge in [0.1, 0.15) is 5.75 Å². The zero-order valence-electron chi connectivity index (χ0n) is 11.5. The molecule has 1 aliphatic heterocycles. The van der Waals surface area contributed by atoms with Gasteiger partial charge in [-0.05, 0) is 13.1 Å². The third-order valence-corrected chi connectivity index (χ3v) is 3.43. The minimum atomic E-state index is -0.550. The van der Waals surface area contributed by atoms with E-state index in [4.69, 9.17) is 4.74 Å². The summed E-state index contributed by atoms with van der Waals surface area (Å²) in [5.41, 5.74) is -0.183. The highest BCUT2D eigenvalue weighted by atomic mass is 16.6. The van der Waals surface area contributed by atoms with Crippen LogP contribution >= 0.6 is 0 Å². The Morgan fingerprint density at radius 1 is 1.30 bits per heavy atom. The van der Waals surface area contributed by atoms with Gasteiger partial charge in [0.05, 0.1) is 12.0 Å². The van der Waals surface area contributed by atoms with Crippen LogP contribution in [0.5, 0.6) is 5.75 Å². The van der Waals surface area contributed by atoms with Crippen molar-refractivity contribution in [3.63, 3.8) is 0 Å². The number of likely N-dealkylation sites (N-methyl/N-ethyl adjacent to an activating group) is 1. The molecule has 1 saturated heterocycles. The van der Waals surface area contributed by atoms with Crippen molar-refractivity contribution in [1.29, 1.82) is 0 Å². The Morgan fingerprint density at radius 3 is 2.50 bits per heavy atom. The number of ether oxygens (including phenoxy) is 1. The molecule has 20 heavy (non-hydrogen) atoms. The standard InChI is InChI=1S/C13H17N3O4/c1-14-6-8-15(9-7-14)13(17)12-10(16(18)19)4-3-5-11(12)20-2/h3-5H,6-9H2,1-2H3. The van der Waals surface area contributed by atoms with Gasteiger partial charge in [-0.15, -0.1) is 0 Å². The van der Waals surface area contributed by atoms with Crippen LogP contribution in [-0.4, -0.2) is 61.0 Å². The first kappa shape index (κ1) is 14.3. The highest BCUT2D eigenvalue weighted by Crippen LogP contribution is 2.29. The van der Waals surface area contributed by atoms with Crippen molar-refractivity contribution in [3.8, 4) is 5.75 Å². The summed E-state index contributed by atoms with van der Waals surface area (Å²) in [4.78, 5) is 26.8. The number of amides is 1. The second-order valence-corrected chi connectivity index (χ2v) is 4.71. The average Bonchev–Trinajstić information content (AvgIpc) is 2.46. The third kappa shape index (κ3) is 2.72. The lowest BCUT2D eigenvalue weighted by Gasteiger charge is -2.32. The van der Waals surface area contributed by atoms with E-state index in [-0.39, 0.29) is 22.9 Å². The number of hydrogen-bond donors (Lipinski definition) is 0. The lowest BCUT2D eigenvalue weighted by Crippen LogP contribution is -2.47. The van der Waals surface area contributed by atoms with E-state index < -0.39 is 4.92 Å². The van der Waals surface area contributed by atoms with Crippen molar-refractivity contribution in [2.75, 3.05) is 40.3 Å². The van der Waals surface area contributed by atoms with Gasteiger partial charge in [-0.3, -0.25) is 14.9 Å². The van der Waals surface area contributed by atoms with E-state index in [9.17, 15) is 14.9 Å². The molecule has 0 atom stereocenters. The molecule has 0 aliphatic carbocycles. The molecule has 0 bridgehead atoms. The van der Waals surface area contributed by atoms with E-state index in [1.165, 1.54) is 19.2 Å². The Hall–Kier alpha value is -2.15. The highest BCUT2D eigenvalue weighted by molar-refractivity contribution is 6.01. The van der Waals surface area contributed by atoms with E-state index >= 15 is 0 Å². The summed E-state index contributed by atoms with van der Waals surface area (Å²) in [6.45, 7) is 2.64. The number of nitro groups is 1. The van der Waals surface area contributed by atoms with Crippen LogP contribution in [0.2, 0.25) is 0 Å². The van der Waals surface area contributed by atoms with Crippen molar-refractivity contribution in [2.24, 2.45) is 0 Å². The molecule has 0 N–H and O–H groups in total. The van der Waals surface area contributed by atoms with Crippen LogP contribution in [0.3, 0.4) is 0 Å². The topological polar surface area (TPSA) is 75.9 Å². The summed E-state index contributed by atoms with van der Waals surface area (Å²) in [7, 11) is 3.38. The molecule has 7 heteroatoms. The van der Waals surface area contributed by atoms with Gasteiger partial charge in [0, 0.05) is 32.2 Å². The first-order valence-corrected chi connectivity index (χ1v) is 6.34. The zero-order valence-corrected chi connectivity index (χ0v) is 11.5. The van der Waals surface area contributed by atoms with Crippen molar-refractivity contribution >= 4 is 11.6 Å². The number of benzene rings is 1. The van der Waals surface area contributed by atoms with E-state index in [1.807, 2.05) is 7.05 Å². The fourth-order valence-electron chi connectivity index (χ4n) is 2.22. The van der Waals surface area contributed by atoms with E-state index in [2.05, 4.69) is 4.90 Å². The predicted molar refractivity (Wildman–Crippen MR) is 73.0 cm³/mol. The van der Waals surface area contributed by atoms with Crippen LogP contribution in [0, 0.1) is 10.1 Å². The average molecular weight is 279 g/mol. The lowest BCUT2D eigenvalue weighted by molar-refractivity contribution is -0.385. The first-order chi connectivity index (χ1) is 9.54. The van der Waals surface area contributed by atoms with Gasteiger partial charge in [-0.2, -0.15) is 0 Å². The molecule has 0 unspecified atom stereocenters. The molecule has 0 spiro atoms. The Labute approximate surface area is 116 Å². The first-order valence-electron chi connectivity index (χ1n) is 6.34. The monoisotopic (exact) mass is 279 g/mol. The van der Waals surface area contributed by atoms with Crippen molar-refractivity contribution < 1.29 is 14.5 Å². The van der Waals surface area contributed by atoms with Crippen LogP contribution < -0.4 is 4.74 Å². The number of piperazine rings is 1. The Kier molecular flexibility index (Phi) is 4.19. The minimum absolute atomic E-state index is 0.0320. The molecule has 1 aliphatic rings. The summed E-state index contributed by atoms with van der Waals surface area (Å²) in [6, 6.07) is 4.40. The molecule has 1 aromatic carbocycles. The van der Waals surface area contributed by atoms with Crippen LogP contribution in [0.15, 0.2) is 18.2 Å². The quantitative estimate of drug-likeness (QED) is 0.609. The molecule has 0 saturated carbocycles. The number of carbonyl (C=O) groups is 1. The van der Waals surface area contributed by atoms with Crippen LogP contribution in [-0.2, 0) is 0 Å². The predicted octanol–water partition coefficient (Wildman–Crippen LogP) is 0.991. The molecule has 1 fully saturated rings. The fraction of sp³-hybridized carbons (Fsp3) is 0.462. The summed E-state index contributed by atoms with van der Waals surface area (Å²) >= 11 is 0. The molecule has 0 radical (unpaired) electrons. The molecule has 1 aromatic rings. The number of rotatable bonds is 3. The Balaban J connectivity index is 2.35. The van der Waals surface area contributed by atoms with Gasteiger partial charge in [0.2, 0.25) is 0 Å².